The van der Waals surface area contributed by atoms with Gasteiger partial charge in [-0.2, -0.15) is 9.29 Å². The van der Waals surface area contributed by atoms with Gasteiger partial charge in [-0.15, -0.1) is 0 Å². The summed E-state index contributed by atoms with van der Waals surface area (Å²) in [5, 5.41) is 3.82. The summed E-state index contributed by atoms with van der Waals surface area (Å²) >= 11 is 0. The standard InChI is InChI=1S/C17H24N4O5S/c1-12(17-18-13(2)19-26-17)20-7-9-21(10-8-20)27(22,23)14-5-6-15(24-3)16(11-14)25-4/h5-6,11-12H,7-10H2,1-4H3. The van der Waals surface area contributed by atoms with Gasteiger partial charge in [-0.25, -0.2) is 8.42 Å². The molecule has 0 radical (unpaired) electrons. The Balaban J connectivity index is 1.71. The molecule has 1 aliphatic heterocycles. The van der Waals surface area contributed by atoms with Gasteiger partial charge in [0, 0.05) is 32.2 Å². The molecule has 10 heteroatoms. The number of ether oxygens (including phenoxy) is 2. The lowest BCUT2D eigenvalue weighted by atomic mass is 10.2. The molecule has 1 saturated heterocycles. The predicted molar refractivity (Wildman–Crippen MR) is 97.3 cm³/mol. The van der Waals surface area contributed by atoms with Gasteiger partial charge in [-0.1, -0.05) is 5.16 Å². The third-order valence-corrected chi connectivity index (χ3v) is 6.61. The fraction of sp³-hybridized carbons (Fsp3) is 0.529. The molecule has 0 aliphatic carbocycles. The number of piperazine rings is 1. The van der Waals surface area contributed by atoms with E-state index >= 15 is 0 Å². The van der Waals surface area contributed by atoms with Gasteiger partial charge in [0.25, 0.3) is 0 Å². The van der Waals surface area contributed by atoms with E-state index in [0.717, 1.165) is 0 Å². The van der Waals surface area contributed by atoms with Gasteiger partial charge in [0.05, 0.1) is 25.2 Å². The van der Waals surface area contributed by atoms with E-state index in [0.29, 0.717) is 49.4 Å². The molecule has 1 aliphatic rings. The van der Waals surface area contributed by atoms with Crippen LogP contribution in [0.4, 0.5) is 0 Å². The van der Waals surface area contributed by atoms with Crippen LogP contribution in [0.15, 0.2) is 27.6 Å². The van der Waals surface area contributed by atoms with Gasteiger partial charge in [0.2, 0.25) is 15.9 Å². The smallest absolute Gasteiger partial charge is 0.243 e. The number of aryl methyl sites for hydroxylation is 1. The molecule has 27 heavy (non-hydrogen) atoms. The van der Waals surface area contributed by atoms with Gasteiger partial charge in [0.15, 0.2) is 17.3 Å². The van der Waals surface area contributed by atoms with Gasteiger partial charge in [0.1, 0.15) is 0 Å². The average Bonchev–Trinajstić information content (AvgIpc) is 3.13. The van der Waals surface area contributed by atoms with E-state index in [1.807, 2.05) is 6.92 Å². The second-order valence-corrected chi connectivity index (χ2v) is 8.25. The summed E-state index contributed by atoms with van der Waals surface area (Å²) in [6.45, 7) is 5.67. The zero-order chi connectivity index (χ0) is 19.6. The second kappa shape index (κ2) is 7.83. The number of rotatable bonds is 6. The average molecular weight is 396 g/mol. The van der Waals surface area contributed by atoms with Crippen LogP contribution in [0, 0.1) is 6.92 Å². The van der Waals surface area contributed by atoms with Gasteiger partial charge in [-0.3, -0.25) is 4.90 Å². The van der Waals surface area contributed by atoms with Crippen molar-refractivity contribution in [2.75, 3.05) is 40.4 Å². The van der Waals surface area contributed by atoms with E-state index < -0.39 is 10.0 Å². The number of nitrogens with zero attached hydrogens (tertiary/aromatic N) is 4. The van der Waals surface area contributed by atoms with Crippen LogP contribution < -0.4 is 9.47 Å². The van der Waals surface area contributed by atoms with Crippen molar-refractivity contribution < 1.29 is 22.4 Å². The highest BCUT2D eigenvalue weighted by Crippen LogP contribution is 2.31. The van der Waals surface area contributed by atoms with Crippen LogP contribution in [0.25, 0.3) is 0 Å². The number of aromatic nitrogens is 2. The molecule has 1 fully saturated rings. The van der Waals surface area contributed by atoms with Gasteiger partial charge in [-0.05, 0) is 26.0 Å². The van der Waals surface area contributed by atoms with Crippen molar-refractivity contribution in [2.24, 2.45) is 0 Å². The van der Waals surface area contributed by atoms with E-state index in [2.05, 4.69) is 15.0 Å². The monoisotopic (exact) mass is 396 g/mol. The molecule has 0 N–H and O–H groups in total. The first-order valence-corrected chi connectivity index (χ1v) is 10.1. The molecular formula is C17H24N4O5S. The molecule has 1 aromatic heterocycles. The van der Waals surface area contributed by atoms with E-state index in [-0.39, 0.29) is 10.9 Å². The van der Waals surface area contributed by atoms with Crippen molar-refractivity contribution in [3.05, 3.63) is 29.9 Å². The lowest BCUT2D eigenvalue weighted by molar-refractivity contribution is 0.124. The van der Waals surface area contributed by atoms with Crippen LogP contribution in [-0.2, 0) is 10.0 Å². The lowest BCUT2D eigenvalue weighted by Gasteiger charge is -2.36. The Hall–Kier alpha value is -2.17. The molecule has 0 spiro atoms. The van der Waals surface area contributed by atoms with Crippen LogP contribution in [0.3, 0.4) is 0 Å². The highest BCUT2D eigenvalue weighted by Gasteiger charge is 2.32. The zero-order valence-corrected chi connectivity index (χ0v) is 16.7. The zero-order valence-electron chi connectivity index (χ0n) is 15.9. The molecule has 0 saturated carbocycles. The lowest BCUT2D eigenvalue weighted by Crippen LogP contribution is -2.49. The Labute approximate surface area is 158 Å². The first-order chi connectivity index (χ1) is 12.9. The van der Waals surface area contributed by atoms with Crippen LogP contribution in [-0.4, -0.2) is 68.2 Å². The summed E-state index contributed by atoms with van der Waals surface area (Å²) in [5.41, 5.74) is 0. The van der Waals surface area contributed by atoms with Crippen LogP contribution in [0.5, 0.6) is 11.5 Å². The molecule has 2 heterocycles. The minimum Gasteiger partial charge on any atom is -0.493 e. The Morgan fingerprint density at radius 2 is 1.78 bits per heavy atom. The molecule has 1 aromatic carbocycles. The van der Waals surface area contributed by atoms with Crippen LogP contribution >= 0.6 is 0 Å². The van der Waals surface area contributed by atoms with Gasteiger partial charge >= 0.3 is 0 Å². The number of hydrogen-bond donors (Lipinski definition) is 0. The minimum atomic E-state index is -3.61. The molecule has 0 bridgehead atoms. The van der Waals surface area contributed by atoms with Gasteiger partial charge < -0.3 is 14.0 Å². The highest BCUT2D eigenvalue weighted by molar-refractivity contribution is 7.89. The van der Waals surface area contributed by atoms with E-state index in [1.54, 1.807) is 13.0 Å². The number of hydrogen-bond acceptors (Lipinski definition) is 8. The second-order valence-electron chi connectivity index (χ2n) is 6.31. The third kappa shape index (κ3) is 3.92. The predicted octanol–water partition coefficient (Wildman–Crippen LogP) is 1.46. The van der Waals surface area contributed by atoms with Crippen molar-refractivity contribution in [3.63, 3.8) is 0 Å². The van der Waals surface area contributed by atoms with Crippen molar-refractivity contribution in [2.45, 2.75) is 24.8 Å². The number of benzene rings is 1. The van der Waals surface area contributed by atoms with E-state index in [9.17, 15) is 8.42 Å². The van der Waals surface area contributed by atoms with Crippen molar-refractivity contribution in [1.82, 2.24) is 19.3 Å². The van der Waals surface area contributed by atoms with Crippen molar-refractivity contribution in [3.8, 4) is 11.5 Å². The Morgan fingerprint density at radius 1 is 1.11 bits per heavy atom. The number of sulfonamides is 1. The molecule has 9 nitrogen and oxygen atoms in total. The fourth-order valence-corrected chi connectivity index (χ4v) is 4.53. The largest absolute Gasteiger partial charge is 0.493 e. The van der Waals surface area contributed by atoms with Crippen molar-refractivity contribution in [1.29, 1.82) is 0 Å². The third-order valence-electron chi connectivity index (χ3n) is 4.71. The van der Waals surface area contributed by atoms with Crippen LogP contribution in [0.1, 0.15) is 24.7 Å². The summed E-state index contributed by atoms with van der Waals surface area (Å²) in [5.74, 6) is 2.01. The highest BCUT2D eigenvalue weighted by atomic mass is 32.2. The van der Waals surface area contributed by atoms with Crippen molar-refractivity contribution >= 4 is 10.0 Å². The minimum absolute atomic E-state index is 0.0582. The molecule has 2 aromatic rings. The summed E-state index contributed by atoms with van der Waals surface area (Å²) in [7, 11) is -0.619. The molecule has 148 valence electrons. The summed E-state index contributed by atoms with van der Waals surface area (Å²) in [4.78, 5) is 6.58. The summed E-state index contributed by atoms with van der Waals surface area (Å²) in [6, 6.07) is 4.57. The quantitative estimate of drug-likeness (QED) is 0.724. The maximum absolute atomic E-state index is 13.0. The summed E-state index contributed by atoms with van der Waals surface area (Å²) < 4.78 is 43.1. The normalized spacial score (nSPS) is 17.6. The topological polar surface area (TPSA) is 98.0 Å². The fourth-order valence-electron chi connectivity index (χ4n) is 3.10. The first kappa shape index (κ1) is 19.6. The summed E-state index contributed by atoms with van der Waals surface area (Å²) in [6.07, 6.45) is 0. The Kier molecular flexibility index (Phi) is 5.68. The molecule has 3 rings (SSSR count). The molecule has 1 unspecified atom stereocenters. The maximum Gasteiger partial charge on any atom is 0.243 e. The molecule has 1 atom stereocenters. The van der Waals surface area contributed by atoms with E-state index in [1.165, 1.54) is 30.7 Å². The first-order valence-electron chi connectivity index (χ1n) is 8.63. The van der Waals surface area contributed by atoms with Crippen LogP contribution in [0.2, 0.25) is 0 Å². The molecular weight excluding hydrogens is 372 g/mol. The maximum atomic E-state index is 13.0. The Morgan fingerprint density at radius 3 is 2.33 bits per heavy atom. The molecule has 0 amide bonds. The SMILES string of the molecule is COc1ccc(S(=O)(=O)N2CCN(C(C)c3nc(C)no3)CC2)cc1OC. The Bertz CT molecular complexity index is 890. The van der Waals surface area contributed by atoms with E-state index in [4.69, 9.17) is 14.0 Å². The number of methoxy groups -OCH3 is 2.